The van der Waals surface area contributed by atoms with Gasteiger partial charge in [0.05, 0.1) is 18.2 Å². The van der Waals surface area contributed by atoms with Crippen molar-refractivity contribution in [3.63, 3.8) is 0 Å². The number of piperazine rings is 1. The fraction of sp³-hybridized carbons (Fsp3) is 0.583. The number of unbranched alkanes of at least 4 members (excludes halogenated alkanes) is 2. The average molecular weight is 470 g/mol. The van der Waals surface area contributed by atoms with Crippen LogP contribution in [0.15, 0.2) is 30.6 Å². The number of nitrogens with two attached hydrogens (primary N) is 1. The zero-order valence-electron chi connectivity index (χ0n) is 19.7. The number of carboxylic acids is 1. The Kier molecular flexibility index (Phi) is 8.35. The van der Waals surface area contributed by atoms with Gasteiger partial charge in [0.1, 0.15) is 12.1 Å². The van der Waals surface area contributed by atoms with Crippen molar-refractivity contribution in [2.45, 2.75) is 32.1 Å². The number of aliphatic carboxylic acids is 1. The number of rotatable bonds is 10. The molecule has 2 aromatic rings. The highest BCUT2D eigenvalue weighted by atomic mass is 16.5. The number of benzene rings is 1. The zero-order valence-corrected chi connectivity index (χ0v) is 19.7. The molecule has 2 saturated heterocycles. The van der Waals surface area contributed by atoms with E-state index >= 15 is 0 Å². The van der Waals surface area contributed by atoms with Crippen molar-refractivity contribution in [3.05, 3.63) is 30.6 Å². The van der Waals surface area contributed by atoms with Gasteiger partial charge in [-0.2, -0.15) is 4.98 Å². The van der Waals surface area contributed by atoms with Crippen molar-refractivity contribution in [2.24, 2.45) is 11.7 Å². The molecule has 2 aliphatic rings. The van der Waals surface area contributed by atoms with Crippen LogP contribution in [0.4, 0.5) is 17.6 Å². The lowest BCUT2D eigenvalue weighted by Gasteiger charge is -2.37. The molecule has 4 rings (SSSR count). The standard InChI is InChI=1S/C24H35N7O3/c25-10-4-1-5-17-34-21-7-3-2-6-20(21)29-13-15-31(16-14-29)24-27-18-26-23(28-24)30-11-8-19(9-12-30)22(32)33/h2-3,6-7,18-19H,1,4-5,8-17,25H2,(H,32,33). The summed E-state index contributed by atoms with van der Waals surface area (Å²) in [5, 5.41) is 9.22. The summed E-state index contributed by atoms with van der Waals surface area (Å²) in [4.78, 5) is 31.3. The third-order valence-electron chi connectivity index (χ3n) is 6.55. The SMILES string of the molecule is NCCCCCOc1ccccc1N1CCN(c2ncnc(N3CCC(C(=O)O)CC3)n2)CC1. The van der Waals surface area contributed by atoms with Crippen LogP contribution in [0.1, 0.15) is 32.1 Å². The van der Waals surface area contributed by atoms with Crippen LogP contribution in [-0.2, 0) is 4.79 Å². The molecule has 10 heteroatoms. The van der Waals surface area contributed by atoms with Crippen molar-refractivity contribution < 1.29 is 14.6 Å². The number of ether oxygens (including phenoxy) is 1. The highest BCUT2D eigenvalue weighted by molar-refractivity contribution is 5.70. The summed E-state index contributed by atoms with van der Waals surface area (Å²) in [6.07, 6.45) is 5.92. The molecule has 0 bridgehead atoms. The second-order valence-electron chi connectivity index (χ2n) is 8.82. The maximum absolute atomic E-state index is 11.2. The van der Waals surface area contributed by atoms with Crippen molar-refractivity contribution >= 4 is 23.6 Å². The van der Waals surface area contributed by atoms with Crippen LogP contribution in [0.3, 0.4) is 0 Å². The van der Waals surface area contributed by atoms with E-state index < -0.39 is 5.97 Å². The van der Waals surface area contributed by atoms with Crippen LogP contribution in [0.5, 0.6) is 5.75 Å². The summed E-state index contributed by atoms with van der Waals surface area (Å²) in [7, 11) is 0. The molecule has 2 fully saturated rings. The molecule has 0 radical (unpaired) electrons. The number of carboxylic acid groups (broad SMARTS) is 1. The Morgan fingerprint density at radius 1 is 0.941 bits per heavy atom. The van der Waals surface area contributed by atoms with E-state index in [1.807, 2.05) is 12.1 Å². The number of hydrogen-bond donors (Lipinski definition) is 2. The summed E-state index contributed by atoms with van der Waals surface area (Å²) in [5.74, 6) is 1.24. The van der Waals surface area contributed by atoms with Gasteiger partial charge in [-0.05, 0) is 50.8 Å². The van der Waals surface area contributed by atoms with Gasteiger partial charge < -0.3 is 30.3 Å². The van der Waals surface area contributed by atoms with Gasteiger partial charge in [0.2, 0.25) is 11.9 Å². The van der Waals surface area contributed by atoms with Crippen molar-refractivity contribution in [2.75, 3.05) is 67.1 Å². The number of para-hydroxylation sites is 2. The Balaban J connectivity index is 1.32. The van der Waals surface area contributed by atoms with E-state index in [0.29, 0.717) is 44.4 Å². The number of nitrogens with zero attached hydrogens (tertiary/aromatic N) is 6. The minimum absolute atomic E-state index is 0.275. The topological polar surface area (TPSA) is 121 Å². The molecule has 10 nitrogen and oxygen atoms in total. The van der Waals surface area contributed by atoms with Crippen LogP contribution < -0.4 is 25.2 Å². The summed E-state index contributed by atoms with van der Waals surface area (Å²) < 4.78 is 6.08. The normalized spacial score (nSPS) is 17.1. The van der Waals surface area contributed by atoms with E-state index in [0.717, 1.165) is 63.4 Å². The third-order valence-corrected chi connectivity index (χ3v) is 6.55. The van der Waals surface area contributed by atoms with Gasteiger partial charge >= 0.3 is 5.97 Å². The molecule has 3 heterocycles. The van der Waals surface area contributed by atoms with E-state index in [9.17, 15) is 9.90 Å². The monoisotopic (exact) mass is 469 g/mol. The van der Waals surface area contributed by atoms with E-state index in [2.05, 4.69) is 36.8 Å². The van der Waals surface area contributed by atoms with Crippen molar-refractivity contribution in [1.82, 2.24) is 15.0 Å². The minimum Gasteiger partial charge on any atom is -0.491 e. The minimum atomic E-state index is -0.715. The Morgan fingerprint density at radius 3 is 2.26 bits per heavy atom. The van der Waals surface area contributed by atoms with E-state index in [1.165, 1.54) is 0 Å². The molecule has 1 aromatic heterocycles. The molecular formula is C24H35N7O3. The Labute approximate surface area is 200 Å². The molecule has 0 saturated carbocycles. The summed E-state index contributed by atoms with van der Waals surface area (Å²) in [5.41, 5.74) is 6.70. The smallest absolute Gasteiger partial charge is 0.306 e. The average Bonchev–Trinajstić information content (AvgIpc) is 2.89. The largest absolute Gasteiger partial charge is 0.491 e. The van der Waals surface area contributed by atoms with Gasteiger partial charge in [-0.25, -0.2) is 9.97 Å². The molecule has 0 aliphatic carbocycles. The molecular weight excluding hydrogens is 434 g/mol. The van der Waals surface area contributed by atoms with E-state index in [-0.39, 0.29) is 5.92 Å². The molecule has 2 aliphatic heterocycles. The van der Waals surface area contributed by atoms with Crippen LogP contribution in [0.25, 0.3) is 0 Å². The highest BCUT2D eigenvalue weighted by Crippen LogP contribution is 2.30. The van der Waals surface area contributed by atoms with E-state index in [1.54, 1.807) is 6.33 Å². The maximum atomic E-state index is 11.2. The summed E-state index contributed by atoms with van der Waals surface area (Å²) in [6.45, 7) is 6.03. The second-order valence-corrected chi connectivity index (χ2v) is 8.82. The van der Waals surface area contributed by atoms with Crippen LogP contribution >= 0.6 is 0 Å². The van der Waals surface area contributed by atoms with Crippen molar-refractivity contribution in [3.8, 4) is 5.75 Å². The lowest BCUT2D eigenvalue weighted by Crippen LogP contribution is -2.47. The molecule has 184 valence electrons. The predicted octanol–water partition coefficient (Wildman–Crippen LogP) is 2.01. The second kappa shape index (κ2) is 11.8. The number of anilines is 3. The van der Waals surface area contributed by atoms with Crippen molar-refractivity contribution in [1.29, 1.82) is 0 Å². The van der Waals surface area contributed by atoms with Gasteiger partial charge in [0, 0.05) is 39.3 Å². The third kappa shape index (κ3) is 6.05. The Morgan fingerprint density at radius 2 is 1.59 bits per heavy atom. The number of aromatic nitrogens is 3. The predicted molar refractivity (Wildman–Crippen MR) is 132 cm³/mol. The fourth-order valence-electron chi connectivity index (χ4n) is 4.50. The van der Waals surface area contributed by atoms with Gasteiger partial charge in [-0.15, -0.1) is 0 Å². The molecule has 0 atom stereocenters. The Bertz CT molecular complexity index is 928. The van der Waals surface area contributed by atoms with Crippen LogP contribution in [0, 0.1) is 5.92 Å². The Hall–Kier alpha value is -3.14. The fourth-order valence-corrected chi connectivity index (χ4v) is 4.50. The van der Waals surface area contributed by atoms with Crippen LogP contribution in [-0.4, -0.2) is 78.4 Å². The first kappa shape index (κ1) is 24.0. The maximum Gasteiger partial charge on any atom is 0.306 e. The van der Waals surface area contributed by atoms with Gasteiger partial charge in [-0.1, -0.05) is 12.1 Å². The zero-order chi connectivity index (χ0) is 23.8. The molecule has 0 unspecified atom stereocenters. The molecule has 1 aromatic carbocycles. The molecule has 34 heavy (non-hydrogen) atoms. The molecule has 0 amide bonds. The highest BCUT2D eigenvalue weighted by Gasteiger charge is 2.27. The van der Waals surface area contributed by atoms with Gasteiger partial charge in [0.25, 0.3) is 0 Å². The lowest BCUT2D eigenvalue weighted by atomic mass is 9.97. The molecule has 0 spiro atoms. The first-order valence-corrected chi connectivity index (χ1v) is 12.2. The number of piperidine rings is 1. The van der Waals surface area contributed by atoms with Gasteiger partial charge in [0.15, 0.2) is 0 Å². The summed E-state index contributed by atoms with van der Waals surface area (Å²) in [6, 6.07) is 8.22. The first-order chi connectivity index (χ1) is 16.7. The number of hydrogen-bond acceptors (Lipinski definition) is 9. The summed E-state index contributed by atoms with van der Waals surface area (Å²) >= 11 is 0. The number of carbonyl (C=O) groups is 1. The quantitative estimate of drug-likeness (QED) is 0.500. The van der Waals surface area contributed by atoms with Crippen LogP contribution in [0.2, 0.25) is 0 Å². The van der Waals surface area contributed by atoms with Gasteiger partial charge in [-0.3, -0.25) is 4.79 Å². The molecule has 3 N–H and O–H groups in total. The first-order valence-electron chi connectivity index (χ1n) is 12.2. The van der Waals surface area contributed by atoms with E-state index in [4.69, 9.17) is 15.5 Å². The lowest BCUT2D eigenvalue weighted by molar-refractivity contribution is -0.142.